The number of hydrogen-bond acceptors (Lipinski definition) is 10. The fourth-order valence-electron chi connectivity index (χ4n) is 1.88. The molecular formula is C9H12MgN3O8P. The van der Waals surface area contributed by atoms with Crippen LogP contribution >= 0.6 is 7.82 Å². The van der Waals surface area contributed by atoms with Crippen molar-refractivity contribution in [1.29, 1.82) is 0 Å². The van der Waals surface area contributed by atoms with E-state index in [0.717, 1.165) is 4.57 Å². The van der Waals surface area contributed by atoms with E-state index in [2.05, 4.69) is 9.51 Å². The Kier molecular flexibility index (Phi) is 6.50. The number of nitrogens with zero attached hydrogens (tertiary/aromatic N) is 2. The second-order valence-corrected chi connectivity index (χ2v) is 5.48. The van der Waals surface area contributed by atoms with Crippen molar-refractivity contribution >= 4 is 36.7 Å². The van der Waals surface area contributed by atoms with Crippen molar-refractivity contribution in [2.75, 3.05) is 12.3 Å². The molecule has 1 aromatic heterocycles. The average Bonchev–Trinajstić information content (AvgIpc) is 2.64. The van der Waals surface area contributed by atoms with Crippen molar-refractivity contribution in [2.45, 2.75) is 24.5 Å². The van der Waals surface area contributed by atoms with Gasteiger partial charge in [0.05, 0.1) is 14.4 Å². The fourth-order valence-corrected chi connectivity index (χ4v) is 2.21. The largest absolute Gasteiger partial charge is 2.00 e. The number of aliphatic hydroxyl groups excluding tert-OH is 2. The molecule has 0 bridgehead atoms. The SMILES string of the molecule is Nc1ccn([C@@H]2O[C@H](COP(=O)([O-])[O-])[C@@H](O)[C@H]2O)c(=O)n1.[Mg+2]. The Labute approximate surface area is 140 Å². The Morgan fingerprint density at radius 1 is 1.45 bits per heavy atom. The Balaban J connectivity index is 0.00000242. The first-order chi connectivity index (χ1) is 9.69. The molecule has 0 amide bonds. The van der Waals surface area contributed by atoms with Gasteiger partial charge in [-0.05, 0) is 6.07 Å². The molecule has 0 aromatic carbocycles. The molecule has 1 aliphatic rings. The van der Waals surface area contributed by atoms with Crippen LogP contribution in [0.5, 0.6) is 0 Å². The monoisotopic (exact) mass is 345 g/mol. The van der Waals surface area contributed by atoms with Crippen LogP contribution in [0.2, 0.25) is 0 Å². The summed E-state index contributed by atoms with van der Waals surface area (Å²) < 4.78 is 20.4. The predicted molar refractivity (Wildman–Crippen MR) is 68.1 cm³/mol. The summed E-state index contributed by atoms with van der Waals surface area (Å²) in [5.74, 6) is -0.0391. The molecule has 1 fully saturated rings. The molecule has 13 heteroatoms. The molecule has 118 valence electrons. The van der Waals surface area contributed by atoms with Crippen molar-refractivity contribution in [2.24, 2.45) is 0 Å². The second kappa shape index (κ2) is 7.34. The molecule has 0 unspecified atom stereocenters. The van der Waals surface area contributed by atoms with Crippen molar-refractivity contribution < 1.29 is 33.8 Å². The number of aliphatic hydroxyl groups is 2. The van der Waals surface area contributed by atoms with Gasteiger partial charge >= 0.3 is 28.7 Å². The van der Waals surface area contributed by atoms with Gasteiger partial charge in [-0.2, -0.15) is 4.98 Å². The Morgan fingerprint density at radius 2 is 2.09 bits per heavy atom. The van der Waals surface area contributed by atoms with E-state index in [9.17, 15) is 29.4 Å². The molecule has 2 rings (SSSR count). The van der Waals surface area contributed by atoms with Crippen molar-refractivity contribution in [1.82, 2.24) is 9.55 Å². The van der Waals surface area contributed by atoms with Crippen molar-refractivity contribution in [3.8, 4) is 0 Å². The fraction of sp³-hybridized carbons (Fsp3) is 0.556. The molecular weight excluding hydrogens is 333 g/mol. The number of rotatable bonds is 4. The van der Waals surface area contributed by atoms with Crippen molar-refractivity contribution in [3.63, 3.8) is 0 Å². The van der Waals surface area contributed by atoms with E-state index in [0.29, 0.717) is 0 Å². The van der Waals surface area contributed by atoms with Crippen molar-refractivity contribution in [3.05, 3.63) is 22.7 Å². The standard InChI is InChI=1S/C9H14N3O8P.Mg/c10-5-1-2-12(9(15)11-5)8-7(14)6(13)4(20-8)3-19-21(16,17)18;/h1-2,4,6-8,13-14H,3H2,(H2,10,11,15)(H2,16,17,18);/q;+2/p-2/t4-,6-,7-,8-;/m1./s1. The van der Waals surface area contributed by atoms with E-state index in [1.54, 1.807) is 0 Å². The molecule has 11 nitrogen and oxygen atoms in total. The molecule has 1 aromatic rings. The summed E-state index contributed by atoms with van der Waals surface area (Å²) in [5.41, 5.74) is 4.49. The molecule has 0 saturated carbocycles. The zero-order chi connectivity index (χ0) is 15.8. The van der Waals surface area contributed by atoms with Crippen LogP contribution in [0, 0.1) is 0 Å². The van der Waals surface area contributed by atoms with Crippen LogP contribution in [0.3, 0.4) is 0 Å². The van der Waals surface area contributed by atoms with Gasteiger partial charge in [-0.3, -0.25) is 4.57 Å². The summed E-state index contributed by atoms with van der Waals surface area (Å²) in [6.07, 6.45) is -4.51. The molecule has 0 radical (unpaired) electrons. The third-order valence-electron chi connectivity index (χ3n) is 2.86. The van der Waals surface area contributed by atoms with Gasteiger partial charge in [0.25, 0.3) is 0 Å². The summed E-state index contributed by atoms with van der Waals surface area (Å²) in [6.45, 7) is -0.782. The second-order valence-electron chi connectivity index (χ2n) is 4.33. The molecule has 1 aliphatic heterocycles. The summed E-state index contributed by atoms with van der Waals surface area (Å²) in [5, 5.41) is 19.6. The van der Waals surface area contributed by atoms with Gasteiger partial charge in [-0.1, -0.05) is 0 Å². The summed E-state index contributed by atoms with van der Waals surface area (Å²) in [6, 6.07) is 1.27. The van der Waals surface area contributed by atoms with Crippen LogP contribution in [-0.2, 0) is 13.8 Å². The number of ether oxygens (including phenoxy) is 1. The smallest absolute Gasteiger partial charge is 0.790 e. The van der Waals surface area contributed by atoms with E-state index in [4.69, 9.17) is 10.5 Å². The van der Waals surface area contributed by atoms with Gasteiger partial charge in [0, 0.05) is 6.20 Å². The summed E-state index contributed by atoms with van der Waals surface area (Å²) in [4.78, 5) is 35.8. The zero-order valence-electron chi connectivity index (χ0n) is 11.1. The van der Waals surface area contributed by atoms with E-state index in [1.807, 2.05) is 0 Å². The van der Waals surface area contributed by atoms with E-state index in [1.165, 1.54) is 12.3 Å². The molecule has 22 heavy (non-hydrogen) atoms. The Hall–Kier alpha value is -0.564. The van der Waals surface area contributed by atoms with Gasteiger partial charge in [0.15, 0.2) is 6.23 Å². The number of phosphoric ester groups is 1. The quantitative estimate of drug-likeness (QED) is 0.358. The van der Waals surface area contributed by atoms with E-state index in [-0.39, 0.29) is 28.9 Å². The minimum Gasteiger partial charge on any atom is -0.790 e. The van der Waals surface area contributed by atoms with Gasteiger partial charge in [-0.25, -0.2) is 4.79 Å². The first-order valence-electron chi connectivity index (χ1n) is 5.72. The summed E-state index contributed by atoms with van der Waals surface area (Å²) in [7, 11) is -5.24. The number of anilines is 1. The normalized spacial score (nSPS) is 28.4. The maximum atomic E-state index is 11.6. The third kappa shape index (κ3) is 4.47. The van der Waals surface area contributed by atoms with E-state index < -0.39 is 44.7 Å². The molecule has 0 aliphatic carbocycles. The minimum absolute atomic E-state index is 0. The average molecular weight is 345 g/mol. The predicted octanol–water partition coefficient (Wildman–Crippen LogP) is -4.09. The summed E-state index contributed by atoms with van der Waals surface area (Å²) >= 11 is 0. The molecule has 4 atom stereocenters. The zero-order valence-corrected chi connectivity index (χ0v) is 13.4. The van der Waals surface area contributed by atoms with Gasteiger partial charge in [-0.15, -0.1) is 0 Å². The minimum atomic E-state index is -5.24. The molecule has 4 N–H and O–H groups in total. The topological polar surface area (TPSA) is 183 Å². The van der Waals surface area contributed by atoms with Gasteiger partial charge in [0.1, 0.15) is 24.1 Å². The van der Waals surface area contributed by atoms with Crippen LogP contribution in [0.1, 0.15) is 6.23 Å². The third-order valence-corrected chi connectivity index (χ3v) is 3.33. The molecule has 2 heterocycles. The Bertz CT molecular complexity index is 621. The van der Waals surface area contributed by atoms with Gasteiger partial charge in [0.2, 0.25) is 0 Å². The van der Waals surface area contributed by atoms with Crippen LogP contribution in [0.15, 0.2) is 17.1 Å². The van der Waals surface area contributed by atoms with Crippen LogP contribution in [-0.4, -0.2) is 67.7 Å². The maximum Gasteiger partial charge on any atom is 2.00 e. The van der Waals surface area contributed by atoms with Crippen LogP contribution in [0.25, 0.3) is 0 Å². The number of aromatic nitrogens is 2. The Morgan fingerprint density at radius 3 is 2.64 bits per heavy atom. The number of nitrogens with two attached hydrogens (primary N) is 1. The number of nitrogen functional groups attached to an aromatic ring is 1. The maximum absolute atomic E-state index is 11.6. The molecule has 0 spiro atoms. The van der Waals surface area contributed by atoms with Crippen LogP contribution < -0.4 is 21.2 Å². The molecule has 1 saturated heterocycles. The number of phosphoric acid groups is 1. The van der Waals surface area contributed by atoms with E-state index >= 15 is 0 Å². The van der Waals surface area contributed by atoms with Gasteiger partial charge < -0.3 is 39.6 Å². The van der Waals surface area contributed by atoms with Crippen LogP contribution in [0.4, 0.5) is 5.82 Å². The number of hydrogen-bond donors (Lipinski definition) is 3. The first kappa shape index (κ1) is 19.5. The first-order valence-corrected chi connectivity index (χ1v) is 7.18.